The molecule has 0 spiro atoms. The summed E-state index contributed by atoms with van der Waals surface area (Å²) in [6.45, 7) is 0.0576. The van der Waals surface area contributed by atoms with E-state index in [1.807, 2.05) is 36.4 Å². The molecule has 1 N–H and O–H groups in total. The first-order valence-electron chi connectivity index (χ1n) is 6.11. The fourth-order valence-corrected chi connectivity index (χ4v) is 2.74. The van der Waals surface area contributed by atoms with E-state index in [-0.39, 0.29) is 12.5 Å². The molecular weight excluding hydrogens is 232 g/mol. The molecule has 0 unspecified atom stereocenters. The van der Waals surface area contributed by atoms with Gasteiger partial charge < -0.3 is 5.11 Å². The zero-order valence-electron chi connectivity index (χ0n) is 10.4. The molecule has 0 saturated heterocycles. The molecule has 0 radical (unpaired) electrons. The van der Waals surface area contributed by atoms with Gasteiger partial charge in [-0.3, -0.25) is 0 Å². The van der Waals surface area contributed by atoms with Crippen LogP contribution in [-0.4, -0.2) is 11.7 Å². The first-order valence-corrected chi connectivity index (χ1v) is 6.11. The van der Waals surface area contributed by atoms with Gasteiger partial charge in [0.05, 0.1) is 6.61 Å². The van der Waals surface area contributed by atoms with Crippen molar-refractivity contribution in [3.8, 4) is 35.8 Å². The minimum absolute atomic E-state index is 0.0356. The van der Waals surface area contributed by atoms with Gasteiger partial charge in [-0.15, -0.1) is 12.8 Å². The zero-order valence-corrected chi connectivity index (χ0v) is 10.4. The smallest absolute Gasteiger partial charge is 0.0540 e. The fraction of sp³-hybridized carbons (Fsp3) is 0.111. The Kier molecular flexibility index (Phi) is 2.64. The Morgan fingerprint density at radius 3 is 1.74 bits per heavy atom. The molecule has 1 heteroatoms. The summed E-state index contributed by atoms with van der Waals surface area (Å²) in [6, 6.07) is 11.9. The van der Waals surface area contributed by atoms with E-state index in [1.54, 1.807) is 0 Å². The number of hydrogen-bond acceptors (Lipinski definition) is 1. The van der Waals surface area contributed by atoms with Crippen molar-refractivity contribution < 1.29 is 5.11 Å². The molecule has 1 aliphatic rings. The van der Waals surface area contributed by atoms with Crippen molar-refractivity contribution in [2.24, 2.45) is 0 Å². The first-order chi connectivity index (χ1) is 9.28. The Morgan fingerprint density at radius 1 is 0.895 bits per heavy atom. The van der Waals surface area contributed by atoms with Crippen LogP contribution in [0.2, 0.25) is 0 Å². The summed E-state index contributed by atoms with van der Waals surface area (Å²) in [5.74, 6) is 5.24. The molecule has 90 valence electrons. The van der Waals surface area contributed by atoms with Gasteiger partial charge in [0.1, 0.15) is 0 Å². The highest BCUT2D eigenvalue weighted by molar-refractivity contribution is 5.80. The van der Waals surface area contributed by atoms with E-state index in [0.29, 0.717) is 0 Å². The summed E-state index contributed by atoms with van der Waals surface area (Å²) < 4.78 is 0. The third-order valence-electron chi connectivity index (χ3n) is 3.66. The van der Waals surface area contributed by atoms with Crippen molar-refractivity contribution in [2.75, 3.05) is 6.61 Å². The van der Waals surface area contributed by atoms with Crippen LogP contribution in [0.3, 0.4) is 0 Å². The minimum Gasteiger partial charge on any atom is -0.395 e. The third-order valence-corrected chi connectivity index (χ3v) is 3.66. The van der Waals surface area contributed by atoms with Crippen molar-refractivity contribution in [3.63, 3.8) is 0 Å². The Labute approximate surface area is 112 Å². The number of aliphatic hydroxyl groups excluding tert-OH is 1. The van der Waals surface area contributed by atoms with Gasteiger partial charge in [-0.1, -0.05) is 24.0 Å². The van der Waals surface area contributed by atoms with Gasteiger partial charge >= 0.3 is 0 Å². The Hall–Kier alpha value is -2.48. The second-order valence-corrected chi connectivity index (χ2v) is 4.63. The maximum absolute atomic E-state index is 9.68. The van der Waals surface area contributed by atoms with E-state index >= 15 is 0 Å². The fourth-order valence-electron chi connectivity index (χ4n) is 2.74. The number of hydrogen-bond donors (Lipinski definition) is 1. The lowest BCUT2D eigenvalue weighted by atomic mass is 9.96. The van der Waals surface area contributed by atoms with Crippen molar-refractivity contribution in [1.29, 1.82) is 0 Å². The van der Waals surface area contributed by atoms with Gasteiger partial charge in [0.2, 0.25) is 0 Å². The number of fused-ring (bicyclic) bond motifs is 3. The summed E-state index contributed by atoms with van der Waals surface area (Å²) >= 11 is 0. The van der Waals surface area contributed by atoms with Crippen LogP contribution in [0.5, 0.6) is 0 Å². The van der Waals surface area contributed by atoms with Crippen LogP contribution in [0, 0.1) is 24.7 Å². The van der Waals surface area contributed by atoms with Crippen LogP contribution in [0.4, 0.5) is 0 Å². The van der Waals surface area contributed by atoms with E-state index in [0.717, 1.165) is 33.4 Å². The molecule has 0 atom stereocenters. The summed E-state index contributed by atoms with van der Waals surface area (Å²) in [5, 5.41) is 9.68. The molecule has 2 aromatic rings. The molecule has 0 amide bonds. The predicted molar refractivity (Wildman–Crippen MR) is 76.7 cm³/mol. The van der Waals surface area contributed by atoms with Crippen LogP contribution in [0.15, 0.2) is 36.4 Å². The van der Waals surface area contributed by atoms with Crippen LogP contribution in [0.25, 0.3) is 11.1 Å². The number of terminal acetylenes is 2. The van der Waals surface area contributed by atoms with Crippen molar-refractivity contribution in [1.82, 2.24) is 0 Å². The second-order valence-electron chi connectivity index (χ2n) is 4.63. The van der Waals surface area contributed by atoms with E-state index < -0.39 is 0 Å². The monoisotopic (exact) mass is 244 g/mol. The Bertz CT molecular complexity index is 678. The van der Waals surface area contributed by atoms with Crippen LogP contribution in [0.1, 0.15) is 28.2 Å². The summed E-state index contributed by atoms with van der Waals surface area (Å²) in [6.07, 6.45) is 10.9. The average Bonchev–Trinajstić information content (AvgIpc) is 2.78. The molecule has 3 rings (SSSR count). The molecule has 1 nitrogen and oxygen atoms in total. The maximum atomic E-state index is 9.68. The molecule has 0 saturated carbocycles. The van der Waals surface area contributed by atoms with Gasteiger partial charge in [-0.05, 0) is 46.5 Å². The number of aliphatic hydroxyl groups is 1. The van der Waals surface area contributed by atoms with Gasteiger partial charge in [0.15, 0.2) is 0 Å². The Morgan fingerprint density at radius 2 is 1.37 bits per heavy atom. The van der Waals surface area contributed by atoms with E-state index in [9.17, 15) is 5.11 Å². The normalized spacial score (nSPS) is 12.4. The largest absolute Gasteiger partial charge is 0.395 e. The second kappa shape index (κ2) is 4.32. The van der Waals surface area contributed by atoms with Gasteiger partial charge in [0, 0.05) is 17.0 Å². The van der Waals surface area contributed by atoms with Crippen molar-refractivity contribution in [3.05, 3.63) is 58.7 Å². The number of benzene rings is 2. The van der Waals surface area contributed by atoms with E-state index in [1.165, 1.54) is 0 Å². The predicted octanol–water partition coefficient (Wildman–Crippen LogP) is 2.75. The number of rotatable bonds is 1. The SMILES string of the molecule is C#Cc1ccc2c(c1)C(CO)c1cc(C#C)ccc1-2. The molecule has 0 fully saturated rings. The molecule has 0 aromatic heterocycles. The van der Waals surface area contributed by atoms with Crippen LogP contribution in [-0.2, 0) is 0 Å². The standard InChI is InChI=1S/C18H12O/c1-3-12-5-7-14-15-8-6-13(4-2)10-17(15)18(11-19)16(14)9-12/h1-2,5-10,18-19H,11H2. The molecule has 0 aliphatic heterocycles. The Balaban J connectivity index is 2.26. The molecule has 19 heavy (non-hydrogen) atoms. The minimum atomic E-state index is -0.0356. The van der Waals surface area contributed by atoms with Gasteiger partial charge in [-0.25, -0.2) is 0 Å². The highest BCUT2D eigenvalue weighted by atomic mass is 16.3. The van der Waals surface area contributed by atoms with Crippen LogP contribution >= 0.6 is 0 Å². The molecule has 0 bridgehead atoms. The van der Waals surface area contributed by atoms with Crippen LogP contribution < -0.4 is 0 Å². The highest BCUT2D eigenvalue weighted by Crippen LogP contribution is 2.45. The molecule has 2 aromatic carbocycles. The third kappa shape index (κ3) is 1.65. The molecular formula is C18H12O. The van der Waals surface area contributed by atoms with Crippen molar-refractivity contribution >= 4 is 0 Å². The quantitative estimate of drug-likeness (QED) is 0.765. The zero-order chi connectivity index (χ0) is 13.4. The lowest BCUT2D eigenvalue weighted by Gasteiger charge is -2.10. The average molecular weight is 244 g/mol. The summed E-state index contributed by atoms with van der Waals surface area (Å²) in [5.41, 5.74) is 6.11. The topological polar surface area (TPSA) is 20.2 Å². The van der Waals surface area contributed by atoms with Gasteiger partial charge in [0.25, 0.3) is 0 Å². The summed E-state index contributed by atoms with van der Waals surface area (Å²) in [7, 11) is 0. The highest BCUT2D eigenvalue weighted by Gasteiger charge is 2.28. The van der Waals surface area contributed by atoms with E-state index in [2.05, 4.69) is 11.8 Å². The maximum Gasteiger partial charge on any atom is 0.0540 e. The van der Waals surface area contributed by atoms with E-state index in [4.69, 9.17) is 12.8 Å². The first kappa shape index (κ1) is 11.6. The van der Waals surface area contributed by atoms with Crippen molar-refractivity contribution in [2.45, 2.75) is 5.92 Å². The lowest BCUT2D eigenvalue weighted by Crippen LogP contribution is -2.02. The van der Waals surface area contributed by atoms with Gasteiger partial charge in [-0.2, -0.15) is 0 Å². The summed E-state index contributed by atoms with van der Waals surface area (Å²) in [4.78, 5) is 0. The molecule has 0 heterocycles. The molecule has 1 aliphatic carbocycles. The lowest BCUT2D eigenvalue weighted by molar-refractivity contribution is 0.282.